The molecule has 0 radical (unpaired) electrons. The molecule has 0 aliphatic rings. The van der Waals surface area contributed by atoms with Crippen molar-refractivity contribution in [2.45, 2.75) is 24.8 Å². The Balaban J connectivity index is 2.16. The zero-order valence-corrected chi connectivity index (χ0v) is 16.7. The third-order valence-electron chi connectivity index (χ3n) is 3.61. The maximum atomic E-state index is 12.5. The van der Waals surface area contributed by atoms with Gasteiger partial charge in [-0.05, 0) is 49.7 Å². The first-order valence-electron chi connectivity index (χ1n) is 7.57. The second kappa shape index (κ2) is 8.26. The number of carbonyl (C=O) groups excluding carboxylic acids is 1. The zero-order chi connectivity index (χ0) is 19.5. The van der Waals surface area contributed by atoms with Crippen molar-refractivity contribution < 1.29 is 17.9 Å². The van der Waals surface area contributed by atoms with E-state index in [1.807, 2.05) is 0 Å². The van der Waals surface area contributed by atoms with Gasteiger partial charge in [0, 0.05) is 0 Å². The normalized spacial score (nSPS) is 12.5. The van der Waals surface area contributed by atoms with E-state index in [0.717, 1.165) is 0 Å². The summed E-state index contributed by atoms with van der Waals surface area (Å²) < 4.78 is 32.4. The van der Waals surface area contributed by atoms with E-state index in [0.29, 0.717) is 11.3 Å². The summed E-state index contributed by atoms with van der Waals surface area (Å²) in [5.74, 6) is -0.0167. The average molecular weight is 417 g/mol. The molecule has 9 heteroatoms. The molecule has 0 unspecified atom stereocenters. The van der Waals surface area contributed by atoms with Crippen LogP contribution in [0.25, 0.3) is 0 Å². The van der Waals surface area contributed by atoms with Crippen LogP contribution in [0.4, 0.5) is 5.69 Å². The van der Waals surface area contributed by atoms with E-state index in [2.05, 4.69) is 10.0 Å². The molecule has 0 fully saturated rings. The summed E-state index contributed by atoms with van der Waals surface area (Å²) in [6, 6.07) is 8.15. The van der Waals surface area contributed by atoms with Crippen LogP contribution in [0, 0.1) is 6.92 Å². The van der Waals surface area contributed by atoms with Gasteiger partial charge in [-0.3, -0.25) is 4.79 Å². The molecule has 0 heterocycles. The molecule has 0 saturated heterocycles. The Morgan fingerprint density at radius 3 is 2.31 bits per heavy atom. The number of rotatable bonds is 6. The van der Waals surface area contributed by atoms with Crippen molar-refractivity contribution in [1.82, 2.24) is 4.72 Å². The molecule has 1 atom stereocenters. The fourth-order valence-electron chi connectivity index (χ4n) is 2.22. The third-order valence-corrected chi connectivity index (χ3v) is 5.78. The Morgan fingerprint density at radius 2 is 1.77 bits per heavy atom. The van der Waals surface area contributed by atoms with Crippen molar-refractivity contribution in [3.63, 3.8) is 0 Å². The minimum Gasteiger partial charge on any atom is -0.496 e. The van der Waals surface area contributed by atoms with Gasteiger partial charge in [-0.25, -0.2) is 8.42 Å². The van der Waals surface area contributed by atoms with Crippen molar-refractivity contribution in [3.05, 3.63) is 52.0 Å². The number of benzene rings is 2. The molecule has 2 rings (SSSR count). The molecule has 0 spiro atoms. The van der Waals surface area contributed by atoms with Crippen molar-refractivity contribution in [2.24, 2.45) is 0 Å². The molecule has 0 bridgehead atoms. The van der Waals surface area contributed by atoms with Crippen LogP contribution in [0.5, 0.6) is 5.75 Å². The predicted molar refractivity (Wildman–Crippen MR) is 103 cm³/mol. The van der Waals surface area contributed by atoms with E-state index in [1.165, 1.54) is 26.2 Å². The molecule has 0 aliphatic heterocycles. The maximum Gasteiger partial charge on any atom is 0.242 e. The minimum atomic E-state index is -3.90. The fraction of sp³-hybridized carbons (Fsp3) is 0.235. The van der Waals surface area contributed by atoms with Crippen molar-refractivity contribution in [2.75, 3.05) is 12.4 Å². The Morgan fingerprint density at radius 1 is 1.15 bits per heavy atom. The summed E-state index contributed by atoms with van der Waals surface area (Å²) in [6.07, 6.45) is 0. The molecule has 6 nitrogen and oxygen atoms in total. The summed E-state index contributed by atoms with van der Waals surface area (Å²) >= 11 is 12.0. The largest absolute Gasteiger partial charge is 0.496 e. The van der Waals surface area contributed by atoms with Gasteiger partial charge in [0.15, 0.2) is 0 Å². The van der Waals surface area contributed by atoms with Crippen molar-refractivity contribution >= 4 is 44.8 Å². The number of carbonyl (C=O) groups is 1. The number of aryl methyl sites for hydroxylation is 1. The van der Waals surface area contributed by atoms with Crippen LogP contribution < -0.4 is 14.8 Å². The van der Waals surface area contributed by atoms with Crippen LogP contribution >= 0.6 is 23.2 Å². The Labute approximate surface area is 162 Å². The topological polar surface area (TPSA) is 84.5 Å². The lowest BCUT2D eigenvalue weighted by molar-refractivity contribution is -0.117. The number of nitrogens with one attached hydrogen (secondary N) is 2. The summed E-state index contributed by atoms with van der Waals surface area (Å²) in [5.41, 5.74) is 0.891. The summed E-state index contributed by atoms with van der Waals surface area (Å²) in [4.78, 5) is 12.4. The number of halogens is 2. The monoisotopic (exact) mass is 416 g/mol. The van der Waals surface area contributed by atoms with Crippen molar-refractivity contribution in [1.29, 1.82) is 0 Å². The lowest BCUT2D eigenvalue weighted by Gasteiger charge is -2.16. The molecule has 0 aromatic heterocycles. The van der Waals surface area contributed by atoms with Gasteiger partial charge in [0.2, 0.25) is 15.9 Å². The van der Waals surface area contributed by atoms with E-state index < -0.39 is 22.0 Å². The molecule has 0 aliphatic carbocycles. The standard InChI is InChI=1S/C17H18Cl2N2O4S/c1-10-9-12(7-8-15(10)25-3)26(23,24)21-11(2)17(22)20-16-13(18)5-4-6-14(16)19/h4-9,11,21H,1-3H3,(H,20,22)/t11-/m0/s1. The SMILES string of the molecule is COc1ccc(S(=O)(=O)N[C@@H](C)C(=O)Nc2c(Cl)cccc2Cl)cc1C. The summed E-state index contributed by atoms with van der Waals surface area (Å²) in [7, 11) is -2.40. The molecule has 2 aromatic carbocycles. The Hall–Kier alpha value is -1.80. The molecule has 140 valence electrons. The van der Waals surface area contributed by atoms with Gasteiger partial charge in [-0.1, -0.05) is 29.3 Å². The van der Waals surface area contributed by atoms with Gasteiger partial charge in [0.05, 0.1) is 33.8 Å². The molecule has 1 amide bonds. The Kier molecular flexibility index (Phi) is 6.52. The minimum absolute atomic E-state index is 0.0335. The highest BCUT2D eigenvalue weighted by Gasteiger charge is 2.23. The van der Waals surface area contributed by atoms with Crippen LogP contribution in [-0.4, -0.2) is 27.5 Å². The number of anilines is 1. The highest BCUT2D eigenvalue weighted by Crippen LogP contribution is 2.30. The maximum absolute atomic E-state index is 12.5. The number of sulfonamides is 1. The van der Waals surface area contributed by atoms with E-state index in [1.54, 1.807) is 31.2 Å². The summed E-state index contributed by atoms with van der Waals surface area (Å²) in [5, 5.41) is 3.04. The quantitative estimate of drug-likeness (QED) is 0.752. The number of hydrogen-bond donors (Lipinski definition) is 2. The molecular weight excluding hydrogens is 399 g/mol. The third kappa shape index (κ3) is 4.67. The van der Waals surface area contributed by atoms with Gasteiger partial charge in [0.1, 0.15) is 5.75 Å². The van der Waals surface area contributed by atoms with Crippen molar-refractivity contribution in [3.8, 4) is 5.75 Å². The summed E-state index contributed by atoms with van der Waals surface area (Å²) in [6.45, 7) is 3.15. The van der Waals surface area contributed by atoms with E-state index >= 15 is 0 Å². The fourth-order valence-corrected chi connectivity index (χ4v) is 4.00. The highest BCUT2D eigenvalue weighted by molar-refractivity contribution is 7.89. The predicted octanol–water partition coefficient (Wildman–Crippen LogP) is 3.62. The van der Waals surface area contributed by atoms with Crippen LogP contribution in [-0.2, 0) is 14.8 Å². The van der Waals surface area contributed by atoms with E-state index in [4.69, 9.17) is 27.9 Å². The zero-order valence-electron chi connectivity index (χ0n) is 14.3. The van der Waals surface area contributed by atoms with Crippen LogP contribution in [0.1, 0.15) is 12.5 Å². The Bertz CT molecular complexity index is 912. The first kappa shape index (κ1) is 20.5. The number of hydrogen-bond acceptors (Lipinski definition) is 4. The van der Waals surface area contributed by atoms with E-state index in [-0.39, 0.29) is 20.6 Å². The smallest absolute Gasteiger partial charge is 0.242 e. The second-order valence-electron chi connectivity index (χ2n) is 5.56. The lowest BCUT2D eigenvalue weighted by Crippen LogP contribution is -2.41. The first-order valence-corrected chi connectivity index (χ1v) is 9.81. The molecule has 0 saturated carbocycles. The van der Waals surface area contributed by atoms with Gasteiger partial charge >= 0.3 is 0 Å². The lowest BCUT2D eigenvalue weighted by atomic mass is 10.2. The van der Waals surface area contributed by atoms with Gasteiger partial charge in [-0.15, -0.1) is 0 Å². The van der Waals surface area contributed by atoms with Gasteiger partial charge in [0.25, 0.3) is 0 Å². The van der Waals surface area contributed by atoms with Crippen LogP contribution in [0.2, 0.25) is 10.0 Å². The molecule has 2 aromatic rings. The number of methoxy groups -OCH3 is 1. The molecule has 2 N–H and O–H groups in total. The van der Waals surface area contributed by atoms with Crippen LogP contribution in [0.3, 0.4) is 0 Å². The number of ether oxygens (including phenoxy) is 1. The highest BCUT2D eigenvalue weighted by atomic mass is 35.5. The number of para-hydroxylation sites is 1. The van der Waals surface area contributed by atoms with E-state index in [9.17, 15) is 13.2 Å². The first-order chi connectivity index (χ1) is 12.2. The second-order valence-corrected chi connectivity index (χ2v) is 8.09. The van der Waals surface area contributed by atoms with Gasteiger partial charge < -0.3 is 10.1 Å². The van der Waals surface area contributed by atoms with Crippen LogP contribution in [0.15, 0.2) is 41.3 Å². The molecular formula is C17H18Cl2N2O4S. The average Bonchev–Trinajstić information content (AvgIpc) is 2.57. The van der Waals surface area contributed by atoms with Gasteiger partial charge in [-0.2, -0.15) is 4.72 Å². The molecule has 26 heavy (non-hydrogen) atoms. The number of amides is 1.